The van der Waals surface area contributed by atoms with Gasteiger partial charge in [-0.3, -0.25) is 9.59 Å². The minimum absolute atomic E-state index is 0.0162. The lowest BCUT2D eigenvalue weighted by Gasteiger charge is -2.15. The number of para-hydroxylation sites is 1. The van der Waals surface area contributed by atoms with E-state index in [1.807, 2.05) is 45.9 Å². The van der Waals surface area contributed by atoms with E-state index in [4.69, 9.17) is 0 Å². The fourth-order valence-electron chi connectivity index (χ4n) is 3.31. The number of benzene rings is 2. The minimum atomic E-state index is -0.0162. The van der Waals surface area contributed by atoms with Crippen LogP contribution in [0.4, 0.5) is 5.69 Å². The van der Waals surface area contributed by atoms with E-state index in [2.05, 4.69) is 6.07 Å². The predicted molar refractivity (Wildman–Crippen MR) is 99.0 cm³/mol. The molecule has 1 aliphatic rings. The minimum Gasteiger partial charge on any atom is -0.306 e. The van der Waals surface area contributed by atoms with E-state index in [0.717, 1.165) is 18.7 Å². The molecule has 128 valence electrons. The van der Waals surface area contributed by atoms with E-state index >= 15 is 0 Å². The molecule has 0 bridgehead atoms. The Hall–Kier alpha value is -3.27. The van der Waals surface area contributed by atoms with E-state index in [-0.39, 0.29) is 18.2 Å². The van der Waals surface area contributed by atoms with Crippen LogP contribution in [0.2, 0.25) is 0 Å². The summed E-state index contributed by atoms with van der Waals surface area (Å²) in [6.45, 7) is 0.984. The molecule has 4 nitrogen and oxygen atoms in total. The second-order valence-corrected chi connectivity index (χ2v) is 6.38. The number of nitrogens with zero attached hydrogens (tertiary/aromatic N) is 2. The molecule has 0 aliphatic carbocycles. The van der Waals surface area contributed by atoms with Crippen LogP contribution in [0.25, 0.3) is 0 Å². The van der Waals surface area contributed by atoms with Crippen LogP contribution in [0, 0.1) is 0 Å². The largest absolute Gasteiger partial charge is 0.306 e. The number of ketones is 1. The molecule has 0 saturated carbocycles. The average molecular weight is 343 g/mol. The molecule has 4 heteroatoms. The molecule has 0 spiro atoms. The van der Waals surface area contributed by atoms with Crippen LogP contribution < -0.4 is 9.47 Å². The number of carbonyl (C=O) groups is 2. The summed E-state index contributed by atoms with van der Waals surface area (Å²) in [5, 5.41) is 0. The summed E-state index contributed by atoms with van der Waals surface area (Å²) in [6, 6.07) is 20.7. The van der Waals surface area contributed by atoms with Gasteiger partial charge in [-0.15, -0.1) is 0 Å². The molecule has 2 aromatic carbocycles. The first-order valence-electron chi connectivity index (χ1n) is 8.69. The van der Waals surface area contributed by atoms with Gasteiger partial charge in [-0.25, -0.2) is 0 Å². The van der Waals surface area contributed by atoms with Crippen LogP contribution in [0.5, 0.6) is 0 Å². The summed E-state index contributed by atoms with van der Waals surface area (Å²) in [5.41, 5.74) is 3.50. The predicted octanol–water partition coefficient (Wildman–Crippen LogP) is 2.79. The molecule has 4 rings (SSSR count). The van der Waals surface area contributed by atoms with Crippen molar-refractivity contribution < 1.29 is 14.2 Å². The Morgan fingerprint density at radius 2 is 1.50 bits per heavy atom. The van der Waals surface area contributed by atoms with Crippen LogP contribution >= 0.6 is 0 Å². The topological polar surface area (TPSA) is 41.3 Å². The monoisotopic (exact) mass is 343 g/mol. The molecule has 0 unspecified atom stereocenters. The third kappa shape index (κ3) is 3.14. The van der Waals surface area contributed by atoms with Crippen molar-refractivity contribution in [3.8, 4) is 0 Å². The lowest BCUT2D eigenvalue weighted by molar-refractivity contribution is -0.684. The van der Waals surface area contributed by atoms with Gasteiger partial charge in [0.25, 0.3) is 5.91 Å². The maximum absolute atomic E-state index is 12.7. The first-order chi connectivity index (χ1) is 12.7. The standard InChI is InChI=1S/C22H19N2O2/c25-21(24-15-12-17-6-4-5-9-20(17)24)16-23-13-10-19(11-14-23)22(26)18-7-2-1-3-8-18/h1-11,13-14H,12,15-16H2/q+1. The smallest absolute Gasteiger partial charge is 0.292 e. The number of rotatable bonds is 4. The third-order valence-corrected chi connectivity index (χ3v) is 4.70. The van der Waals surface area contributed by atoms with Gasteiger partial charge < -0.3 is 4.90 Å². The van der Waals surface area contributed by atoms with Crippen molar-refractivity contribution in [1.82, 2.24) is 0 Å². The molecule has 1 amide bonds. The number of aromatic nitrogens is 1. The highest BCUT2D eigenvalue weighted by Crippen LogP contribution is 2.27. The molecule has 0 N–H and O–H groups in total. The lowest BCUT2D eigenvalue weighted by atomic mass is 10.0. The summed E-state index contributed by atoms with van der Waals surface area (Å²) >= 11 is 0. The third-order valence-electron chi connectivity index (χ3n) is 4.70. The Bertz CT molecular complexity index is 949. The number of anilines is 1. The number of carbonyl (C=O) groups excluding carboxylic acids is 2. The van der Waals surface area contributed by atoms with Crippen LogP contribution in [0.3, 0.4) is 0 Å². The van der Waals surface area contributed by atoms with Crippen molar-refractivity contribution in [2.75, 3.05) is 11.4 Å². The fourth-order valence-corrected chi connectivity index (χ4v) is 3.31. The van der Waals surface area contributed by atoms with Crippen molar-refractivity contribution in [3.05, 3.63) is 95.8 Å². The molecular formula is C22H19N2O2+. The number of amides is 1. The van der Waals surface area contributed by atoms with Crippen molar-refractivity contribution >= 4 is 17.4 Å². The molecule has 0 saturated heterocycles. The van der Waals surface area contributed by atoms with Crippen LogP contribution in [0.1, 0.15) is 21.5 Å². The van der Waals surface area contributed by atoms with Gasteiger partial charge in [0.05, 0.1) is 0 Å². The van der Waals surface area contributed by atoms with Gasteiger partial charge in [0.2, 0.25) is 6.54 Å². The Balaban J connectivity index is 1.47. The second-order valence-electron chi connectivity index (χ2n) is 6.38. The highest BCUT2D eigenvalue weighted by molar-refractivity contribution is 6.08. The summed E-state index contributed by atoms with van der Waals surface area (Å²) in [7, 11) is 0. The molecule has 2 heterocycles. The molecule has 1 aromatic heterocycles. The first-order valence-corrected chi connectivity index (χ1v) is 8.69. The second kappa shape index (κ2) is 6.92. The Morgan fingerprint density at radius 3 is 2.27 bits per heavy atom. The Kier molecular flexibility index (Phi) is 4.32. The molecule has 26 heavy (non-hydrogen) atoms. The SMILES string of the molecule is O=C(c1ccccc1)c1cc[n+](CC(=O)N2CCc3ccccc32)cc1. The average Bonchev–Trinajstić information content (AvgIpc) is 3.13. The summed E-state index contributed by atoms with van der Waals surface area (Å²) in [6.07, 6.45) is 4.48. The normalized spacial score (nSPS) is 12.7. The molecule has 3 aromatic rings. The summed E-state index contributed by atoms with van der Waals surface area (Å²) < 4.78 is 1.81. The number of hydrogen-bond acceptors (Lipinski definition) is 2. The van der Waals surface area contributed by atoms with Gasteiger partial charge >= 0.3 is 0 Å². The number of fused-ring (bicyclic) bond motifs is 1. The van der Waals surface area contributed by atoms with Gasteiger partial charge in [-0.05, 0) is 18.1 Å². The molecule has 0 radical (unpaired) electrons. The zero-order valence-corrected chi connectivity index (χ0v) is 14.3. The molecule has 0 fully saturated rings. The number of hydrogen-bond donors (Lipinski definition) is 0. The fraction of sp³-hybridized carbons (Fsp3) is 0.136. The molecule has 0 atom stereocenters. The summed E-state index contributed by atoms with van der Waals surface area (Å²) in [4.78, 5) is 26.9. The van der Waals surface area contributed by atoms with Gasteiger partial charge in [0.15, 0.2) is 18.2 Å². The quantitative estimate of drug-likeness (QED) is 0.540. The Morgan fingerprint density at radius 1 is 0.846 bits per heavy atom. The van der Waals surface area contributed by atoms with Crippen molar-refractivity contribution in [2.24, 2.45) is 0 Å². The highest BCUT2D eigenvalue weighted by Gasteiger charge is 2.26. The van der Waals surface area contributed by atoms with Gasteiger partial charge in [-0.2, -0.15) is 4.57 Å². The van der Waals surface area contributed by atoms with Crippen molar-refractivity contribution in [3.63, 3.8) is 0 Å². The maximum Gasteiger partial charge on any atom is 0.292 e. The highest BCUT2D eigenvalue weighted by atomic mass is 16.2. The van der Waals surface area contributed by atoms with Crippen LogP contribution in [-0.4, -0.2) is 18.2 Å². The van der Waals surface area contributed by atoms with Gasteiger partial charge in [-0.1, -0.05) is 48.5 Å². The van der Waals surface area contributed by atoms with E-state index in [1.165, 1.54) is 5.56 Å². The Labute approximate surface area is 152 Å². The van der Waals surface area contributed by atoms with Crippen molar-refractivity contribution in [1.29, 1.82) is 0 Å². The van der Waals surface area contributed by atoms with Crippen molar-refractivity contribution in [2.45, 2.75) is 13.0 Å². The van der Waals surface area contributed by atoms with E-state index < -0.39 is 0 Å². The van der Waals surface area contributed by atoms with Gasteiger partial charge in [0.1, 0.15) is 0 Å². The maximum atomic E-state index is 12.7. The van der Waals surface area contributed by atoms with Gasteiger partial charge in [0, 0.05) is 35.5 Å². The number of pyridine rings is 1. The molecular weight excluding hydrogens is 324 g/mol. The van der Waals surface area contributed by atoms with E-state index in [9.17, 15) is 9.59 Å². The van der Waals surface area contributed by atoms with E-state index in [1.54, 1.807) is 36.7 Å². The zero-order chi connectivity index (χ0) is 17.9. The van der Waals surface area contributed by atoms with Crippen LogP contribution in [-0.2, 0) is 17.8 Å². The lowest BCUT2D eigenvalue weighted by Crippen LogP contribution is -2.44. The molecule has 1 aliphatic heterocycles. The summed E-state index contributed by atoms with van der Waals surface area (Å²) in [5.74, 6) is 0.0413. The first kappa shape index (κ1) is 16.2. The van der Waals surface area contributed by atoms with E-state index in [0.29, 0.717) is 11.1 Å². The van der Waals surface area contributed by atoms with Crippen LogP contribution in [0.15, 0.2) is 79.1 Å². The zero-order valence-electron chi connectivity index (χ0n) is 14.3.